The molecule has 88 heavy (non-hydrogen) atoms. The van der Waals surface area contributed by atoms with E-state index < -0.39 is 0 Å². The van der Waals surface area contributed by atoms with Crippen LogP contribution < -0.4 is 9.80 Å². The molecule has 0 aromatic heterocycles. The van der Waals surface area contributed by atoms with Crippen molar-refractivity contribution in [3.8, 4) is 33.4 Å². The van der Waals surface area contributed by atoms with E-state index in [9.17, 15) is 0 Å². The van der Waals surface area contributed by atoms with E-state index in [0.29, 0.717) is 29.6 Å². The molecule has 8 aliphatic carbocycles. The van der Waals surface area contributed by atoms with E-state index in [2.05, 4.69) is 265 Å². The SMILES string of the molecule is CC1(C)c2ccccc2-c2cc(N(C3=C4CC(c5ccccc5)CCC4C(N(c4ccc5c(c4)C(C)(C)c4ccccc4-5)c4ccc5c(c4)C(C)(C)C4CCCCC54)c4cc(-c5ccccc5)ccc43)c3ccc4c(c3)C(C)(C)C3CCCCC43)ccc21. The van der Waals surface area contributed by atoms with Crippen LogP contribution >= 0.6 is 0 Å². The third-order valence-corrected chi connectivity index (χ3v) is 24.8. The molecule has 0 heterocycles. The van der Waals surface area contributed by atoms with Gasteiger partial charge in [-0.3, -0.25) is 0 Å². The van der Waals surface area contributed by atoms with Crippen molar-refractivity contribution in [1.29, 1.82) is 0 Å². The first kappa shape index (κ1) is 54.5. The Bertz CT molecular complexity index is 4320. The standard InChI is InChI=1S/C86H86N2/c1-83(2)76-34-22-18-30-64(76)70-49-57(40-46-77(70)83)87(58-37-43-65-61-27-15-19-31-73(61)84(3,4)78(65)50-58)81-68-41-35-56(54-25-13-10-14-26-54)48-72(68)82(69-42-36-55(47-71(69)81)53-23-11-9-12-24-53)88(59-38-44-66-62-28-16-20-32-74(62)85(5,6)79(66)51-59)60-39-45-67-63-29-17-21-33-75(63)86(7,8)80(67)52-60/h9-14,16,18,20,22-26,28,30,32,34-35,37-41,43-46,48-52,55,61,63,69,73,75,82H,15,17,19,21,27,29,31,33,36,42,47H2,1-8H3. The van der Waals surface area contributed by atoms with Gasteiger partial charge in [0, 0.05) is 45.1 Å². The molecule has 440 valence electrons. The van der Waals surface area contributed by atoms with Gasteiger partial charge in [0.05, 0.1) is 11.7 Å². The highest BCUT2D eigenvalue weighted by Gasteiger charge is 2.51. The fraction of sp³-hybridized carbons (Fsp3) is 0.349. The first-order valence-corrected chi connectivity index (χ1v) is 34.0. The summed E-state index contributed by atoms with van der Waals surface area (Å²) >= 11 is 0. The Morgan fingerprint density at radius 3 is 1.51 bits per heavy atom. The molecule has 0 aliphatic heterocycles. The topological polar surface area (TPSA) is 6.48 Å². The van der Waals surface area contributed by atoms with E-state index in [1.165, 1.54) is 152 Å². The lowest BCUT2D eigenvalue weighted by molar-refractivity contribution is 0.233. The molecule has 0 N–H and O–H groups in total. The Balaban J connectivity index is 0.952. The van der Waals surface area contributed by atoms with E-state index in [1.807, 2.05) is 0 Å². The molecule has 2 nitrogen and oxygen atoms in total. The van der Waals surface area contributed by atoms with Gasteiger partial charge < -0.3 is 9.80 Å². The lowest BCUT2D eigenvalue weighted by Gasteiger charge is -2.49. The highest BCUT2D eigenvalue weighted by molar-refractivity contribution is 5.96. The third kappa shape index (κ3) is 7.97. The van der Waals surface area contributed by atoms with Crippen LogP contribution in [0.4, 0.5) is 22.7 Å². The fourth-order valence-corrected chi connectivity index (χ4v) is 20.4. The minimum atomic E-state index is -0.158. The molecule has 9 aromatic carbocycles. The van der Waals surface area contributed by atoms with Crippen LogP contribution in [0.25, 0.3) is 39.1 Å². The van der Waals surface area contributed by atoms with Crippen molar-refractivity contribution >= 4 is 28.4 Å². The average Bonchev–Trinajstić information content (AvgIpc) is 1.02. The lowest BCUT2D eigenvalue weighted by atomic mass is 9.65. The molecular weight excluding hydrogens is 1060 g/mol. The molecule has 0 amide bonds. The van der Waals surface area contributed by atoms with Gasteiger partial charge in [-0.15, -0.1) is 0 Å². The molecule has 2 heteroatoms. The summed E-state index contributed by atoms with van der Waals surface area (Å²) < 4.78 is 0. The number of hydrogen-bond donors (Lipinski definition) is 0. The molecule has 0 radical (unpaired) electrons. The maximum atomic E-state index is 2.91. The zero-order valence-electron chi connectivity index (χ0n) is 53.3. The van der Waals surface area contributed by atoms with Crippen LogP contribution in [0.15, 0.2) is 206 Å². The number of nitrogens with zero attached hydrogens (tertiary/aromatic N) is 2. The zero-order valence-corrected chi connectivity index (χ0v) is 53.3. The summed E-state index contributed by atoms with van der Waals surface area (Å²) in [5.74, 6) is 3.16. The second kappa shape index (κ2) is 19.9. The van der Waals surface area contributed by atoms with Crippen LogP contribution in [0.1, 0.15) is 211 Å². The monoisotopic (exact) mass is 1150 g/mol. The van der Waals surface area contributed by atoms with Crippen molar-refractivity contribution < 1.29 is 0 Å². The predicted molar refractivity (Wildman–Crippen MR) is 369 cm³/mol. The molecule has 7 unspecified atom stereocenters. The second-order valence-corrected chi connectivity index (χ2v) is 30.5. The molecular formula is C86H86N2. The van der Waals surface area contributed by atoms with E-state index in [4.69, 9.17) is 0 Å². The van der Waals surface area contributed by atoms with Crippen LogP contribution in [0.5, 0.6) is 0 Å². The van der Waals surface area contributed by atoms with E-state index in [-0.39, 0.29) is 33.6 Å². The number of hydrogen-bond acceptors (Lipinski definition) is 2. The van der Waals surface area contributed by atoms with Crippen molar-refractivity contribution in [3.05, 3.63) is 267 Å². The van der Waals surface area contributed by atoms with Gasteiger partial charge in [-0.25, -0.2) is 0 Å². The van der Waals surface area contributed by atoms with Crippen LogP contribution in [-0.2, 0) is 21.7 Å². The molecule has 8 aliphatic rings. The molecule has 9 aromatic rings. The summed E-state index contributed by atoms with van der Waals surface area (Å²) in [6.07, 6.45) is 13.8. The lowest BCUT2D eigenvalue weighted by Crippen LogP contribution is -2.39. The third-order valence-electron chi connectivity index (χ3n) is 24.8. The molecule has 3 saturated carbocycles. The van der Waals surface area contributed by atoms with Crippen LogP contribution in [-0.4, -0.2) is 0 Å². The summed E-state index contributed by atoms with van der Waals surface area (Å²) in [4.78, 5) is 5.73. The molecule has 7 atom stereocenters. The van der Waals surface area contributed by atoms with E-state index in [0.717, 1.165) is 19.3 Å². The average molecular weight is 1150 g/mol. The van der Waals surface area contributed by atoms with Crippen molar-refractivity contribution in [3.63, 3.8) is 0 Å². The van der Waals surface area contributed by atoms with Gasteiger partial charge in [0.25, 0.3) is 0 Å². The predicted octanol–water partition coefficient (Wildman–Crippen LogP) is 23.1. The summed E-state index contributed by atoms with van der Waals surface area (Å²) in [6, 6.07) is 80.1. The van der Waals surface area contributed by atoms with Crippen LogP contribution in [0.3, 0.4) is 0 Å². The van der Waals surface area contributed by atoms with Gasteiger partial charge in [-0.1, -0.05) is 227 Å². The summed E-state index contributed by atoms with van der Waals surface area (Å²) in [7, 11) is 0. The molecule has 0 spiro atoms. The maximum Gasteiger partial charge on any atom is 0.0664 e. The smallest absolute Gasteiger partial charge is 0.0664 e. The largest absolute Gasteiger partial charge is 0.333 e. The van der Waals surface area contributed by atoms with Gasteiger partial charge in [-0.05, 0) is 235 Å². The first-order chi connectivity index (χ1) is 42.7. The zero-order chi connectivity index (χ0) is 59.6. The van der Waals surface area contributed by atoms with Gasteiger partial charge in [0.1, 0.15) is 0 Å². The van der Waals surface area contributed by atoms with Gasteiger partial charge >= 0.3 is 0 Å². The molecule has 17 rings (SSSR count). The molecule has 0 bridgehead atoms. The second-order valence-electron chi connectivity index (χ2n) is 30.5. The Labute approximate surface area is 524 Å². The Kier molecular flexibility index (Phi) is 12.3. The van der Waals surface area contributed by atoms with Crippen molar-refractivity contribution in [2.75, 3.05) is 9.80 Å². The first-order valence-electron chi connectivity index (χ1n) is 34.0. The van der Waals surface area contributed by atoms with Crippen molar-refractivity contribution in [2.24, 2.45) is 17.8 Å². The number of anilines is 4. The Morgan fingerprint density at radius 1 is 0.341 bits per heavy atom. The van der Waals surface area contributed by atoms with Crippen molar-refractivity contribution in [2.45, 2.75) is 171 Å². The Hall–Kier alpha value is -7.68. The highest BCUT2D eigenvalue weighted by atomic mass is 15.2. The number of fused-ring (bicyclic) bond motifs is 14. The Morgan fingerprint density at radius 2 is 0.841 bits per heavy atom. The molecule has 0 saturated heterocycles. The van der Waals surface area contributed by atoms with Crippen LogP contribution in [0.2, 0.25) is 0 Å². The summed E-state index contributed by atoms with van der Waals surface area (Å²) in [5, 5.41) is 0. The van der Waals surface area contributed by atoms with Gasteiger partial charge in [0.2, 0.25) is 0 Å². The number of benzene rings is 9. The van der Waals surface area contributed by atoms with Crippen molar-refractivity contribution in [1.82, 2.24) is 0 Å². The van der Waals surface area contributed by atoms with Gasteiger partial charge in [-0.2, -0.15) is 0 Å². The highest BCUT2D eigenvalue weighted by Crippen LogP contribution is 2.64. The summed E-state index contributed by atoms with van der Waals surface area (Å²) in [5.41, 5.74) is 32.3. The normalized spacial score (nSPS) is 24.8. The summed E-state index contributed by atoms with van der Waals surface area (Å²) in [6.45, 7) is 20.1. The van der Waals surface area contributed by atoms with Crippen LogP contribution in [0, 0.1) is 17.8 Å². The fourth-order valence-electron chi connectivity index (χ4n) is 20.4. The van der Waals surface area contributed by atoms with E-state index >= 15 is 0 Å². The molecule has 3 fully saturated rings. The maximum absolute atomic E-state index is 2.91. The van der Waals surface area contributed by atoms with Gasteiger partial charge in [0.15, 0.2) is 0 Å². The minimum Gasteiger partial charge on any atom is -0.333 e. The van der Waals surface area contributed by atoms with E-state index in [1.54, 1.807) is 27.8 Å². The number of rotatable bonds is 8. The quantitative estimate of drug-likeness (QED) is 0.150. The minimum absolute atomic E-state index is 0.0134.